The van der Waals surface area contributed by atoms with Gasteiger partial charge in [0.2, 0.25) is 11.0 Å². The lowest BCUT2D eigenvalue weighted by atomic mass is 10.2. The molecule has 3 N–H and O–H groups in total. The van der Waals surface area contributed by atoms with Crippen LogP contribution in [0.5, 0.6) is 0 Å². The van der Waals surface area contributed by atoms with Gasteiger partial charge < -0.3 is 10.4 Å². The number of piperazine rings is 1. The molecule has 1 aromatic rings. The second-order valence-corrected chi connectivity index (χ2v) is 4.12. The summed E-state index contributed by atoms with van der Waals surface area (Å²) in [5.74, 6) is -1.61. The zero-order valence-corrected chi connectivity index (χ0v) is 9.68. The first-order chi connectivity index (χ1) is 8.58. The topological polar surface area (TPSA) is 137 Å². The number of urea groups is 1. The Morgan fingerprint density at radius 3 is 2.94 bits per heavy atom. The fraction of sp³-hybridized carbons (Fsp3) is 0.429. The lowest BCUT2D eigenvalue weighted by Crippen LogP contribution is -2.60. The molecule has 1 saturated heterocycles. The second kappa shape index (κ2) is 4.91. The van der Waals surface area contributed by atoms with Gasteiger partial charge in [0.25, 0.3) is 0 Å². The van der Waals surface area contributed by atoms with E-state index >= 15 is 0 Å². The van der Waals surface area contributed by atoms with Crippen LogP contribution in [0.2, 0.25) is 0 Å². The molecule has 0 spiro atoms. The zero-order valence-electron chi connectivity index (χ0n) is 8.86. The minimum atomic E-state index is -1.19. The van der Waals surface area contributed by atoms with Crippen LogP contribution in [-0.4, -0.2) is 61.8 Å². The van der Waals surface area contributed by atoms with Gasteiger partial charge >= 0.3 is 12.0 Å². The van der Waals surface area contributed by atoms with Gasteiger partial charge in [-0.3, -0.25) is 15.0 Å². The number of aromatic nitrogens is 3. The Bertz CT molecular complexity index is 476. The molecule has 10 nitrogen and oxygen atoms in total. The quantitative estimate of drug-likeness (QED) is 0.586. The summed E-state index contributed by atoms with van der Waals surface area (Å²) in [6, 6.07) is -1.83. The van der Waals surface area contributed by atoms with Crippen LogP contribution in [0.1, 0.15) is 0 Å². The van der Waals surface area contributed by atoms with Crippen molar-refractivity contribution >= 4 is 34.6 Å². The van der Waals surface area contributed by atoms with Crippen molar-refractivity contribution in [1.82, 2.24) is 25.0 Å². The van der Waals surface area contributed by atoms with E-state index in [-0.39, 0.29) is 18.2 Å². The molecule has 1 aromatic heterocycles. The molecule has 0 aliphatic carbocycles. The van der Waals surface area contributed by atoms with Crippen molar-refractivity contribution in [3.05, 3.63) is 0 Å². The van der Waals surface area contributed by atoms with Crippen molar-refractivity contribution in [2.45, 2.75) is 6.04 Å². The first-order valence-electron chi connectivity index (χ1n) is 4.80. The molecular weight excluding hydrogens is 264 g/mol. The molecule has 0 bridgehead atoms. The Balaban J connectivity index is 2.09. The summed E-state index contributed by atoms with van der Waals surface area (Å²) in [5, 5.41) is 20.6. The van der Waals surface area contributed by atoms with Gasteiger partial charge in [0, 0.05) is 18.1 Å². The first-order valence-corrected chi connectivity index (χ1v) is 5.57. The van der Waals surface area contributed by atoms with E-state index in [2.05, 4.69) is 25.4 Å². The van der Waals surface area contributed by atoms with E-state index in [0.29, 0.717) is 0 Å². The lowest BCUT2D eigenvalue weighted by molar-refractivity contribution is -0.144. The number of carbonyl (C=O) groups is 3. The number of nitrogens with zero attached hydrogens (tertiary/aromatic N) is 4. The number of hydrogen-bond donors (Lipinski definition) is 3. The number of nitrogens with one attached hydrogen (secondary N) is 2. The van der Waals surface area contributed by atoms with Crippen molar-refractivity contribution in [3.63, 3.8) is 0 Å². The van der Waals surface area contributed by atoms with Gasteiger partial charge in [-0.1, -0.05) is 9.59 Å². The van der Waals surface area contributed by atoms with Crippen LogP contribution in [0.3, 0.4) is 0 Å². The fourth-order valence-corrected chi connectivity index (χ4v) is 1.78. The number of carbonyl (C=O) groups excluding carboxylic acids is 2. The molecule has 1 atom stereocenters. The number of anilines is 1. The molecule has 1 fully saturated rings. The maximum absolute atomic E-state index is 11.8. The molecule has 0 radical (unpaired) electrons. The zero-order chi connectivity index (χ0) is 13.1. The molecule has 1 unspecified atom stereocenters. The summed E-state index contributed by atoms with van der Waals surface area (Å²) < 4.78 is 3.44. The molecule has 0 saturated carbocycles. The molecule has 2 heterocycles. The molecule has 18 heavy (non-hydrogen) atoms. The standard InChI is InChI=1S/C7H8N6O4S/c14-4-2-13(3(1-8-4)5(15)16)7(17)9-6-10-11-12-18-6/h3H,1-2H2,(H,8,14)(H,15,16)(H,9,10,12,17). The summed E-state index contributed by atoms with van der Waals surface area (Å²) in [6.45, 7) is -0.453. The van der Waals surface area contributed by atoms with Crippen molar-refractivity contribution in [2.75, 3.05) is 18.4 Å². The SMILES string of the molecule is O=C1CN(C(=O)Nc2nnns2)C(C(=O)O)CN1. The molecular formula is C7H8N6O4S. The monoisotopic (exact) mass is 272 g/mol. The smallest absolute Gasteiger partial charge is 0.328 e. The Hall–Kier alpha value is -2.30. The third-order valence-electron chi connectivity index (χ3n) is 2.24. The highest BCUT2D eigenvalue weighted by Gasteiger charge is 2.35. The first kappa shape index (κ1) is 12.2. The van der Waals surface area contributed by atoms with Gasteiger partial charge in [-0.25, -0.2) is 9.59 Å². The number of aliphatic carboxylic acids is 1. The second-order valence-electron chi connectivity index (χ2n) is 3.38. The minimum Gasteiger partial charge on any atom is -0.480 e. The van der Waals surface area contributed by atoms with Gasteiger partial charge in [-0.2, -0.15) is 0 Å². The van der Waals surface area contributed by atoms with Crippen LogP contribution in [0.15, 0.2) is 0 Å². The molecule has 1 aliphatic heterocycles. The van der Waals surface area contributed by atoms with E-state index in [9.17, 15) is 14.4 Å². The van der Waals surface area contributed by atoms with E-state index in [0.717, 1.165) is 16.4 Å². The van der Waals surface area contributed by atoms with Gasteiger partial charge in [0.15, 0.2) is 0 Å². The summed E-state index contributed by atoms with van der Waals surface area (Å²) in [7, 11) is 0. The third-order valence-corrected chi connectivity index (χ3v) is 2.75. The molecule has 3 amide bonds. The third kappa shape index (κ3) is 2.51. The van der Waals surface area contributed by atoms with Crippen LogP contribution in [-0.2, 0) is 9.59 Å². The van der Waals surface area contributed by atoms with Crippen LogP contribution in [0.25, 0.3) is 0 Å². The fourth-order valence-electron chi connectivity index (χ4n) is 1.42. The average Bonchev–Trinajstić information content (AvgIpc) is 2.81. The van der Waals surface area contributed by atoms with Gasteiger partial charge in [-0.15, -0.1) is 0 Å². The highest BCUT2D eigenvalue weighted by atomic mass is 32.1. The van der Waals surface area contributed by atoms with Crippen molar-refractivity contribution in [2.24, 2.45) is 0 Å². The van der Waals surface area contributed by atoms with Crippen LogP contribution >= 0.6 is 11.5 Å². The number of rotatable bonds is 2. The number of carboxylic acids is 1. The van der Waals surface area contributed by atoms with Gasteiger partial charge in [-0.05, 0) is 5.21 Å². The number of hydrogen-bond acceptors (Lipinski definition) is 7. The highest BCUT2D eigenvalue weighted by molar-refractivity contribution is 7.09. The molecule has 96 valence electrons. The van der Waals surface area contributed by atoms with E-state index < -0.39 is 23.9 Å². The molecule has 11 heteroatoms. The Morgan fingerprint density at radius 2 is 2.33 bits per heavy atom. The predicted octanol–water partition coefficient (Wildman–Crippen LogP) is -1.65. The largest absolute Gasteiger partial charge is 0.480 e. The Morgan fingerprint density at radius 1 is 1.56 bits per heavy atom. The summed E-state index contributed by atoms with van der Waals surface area (Å²) >= 11 is 0.847. The van der Waals surface area contributed by atoms with E-state index in [4.69, 9.17) is 5.11 Å². The van der Waals surface area contributed by atoms with E-state index in [1.807, 2.05) is 0 Å². The van der Waals surface area contributed by atoms with E-state index in [1.165, 1.54) is 0 Å². The van der Waals surface area contributed by atoms with Crippen molar-refractivity contribution in [3.8, 4) is 0 Å². The average molecular weight is 272 g/mol. The molecule has 2 rings (SSSR count). The van der Waals surface area contributed by atoms with Crippen LogP contribution in [0.4, 0.5) is 9.93 Å². The summed E-state index contributed by atoms with van der Waals surface area (Å²) in [6.07, 6.45) is 0. The van der Waals surface area contributed by atoms with Gasteiger partial charge in [0.05, 0.1) is 0 Å². The number of carboxylic acid groups (broad SMARTS) is 1. The Kier molecular flexibility index (Phi) is 3.32. The molecule has 0 aromatic carbocycles. The predicted molar refractivity (Wildman–Crippen MR) is 57.9 cm³/mol. The van der Waals surface area contributed by atoms with Crippen LogP contribution in [0, 0.1) is 0 Å². The molecule has 1 aliphatic rings. The van der Waals surface area contributed by atoms with Crippen molar-refractivity contribution in [1.29, 1.82) is 0 Å². The van der Waals surface area contributed by atoms with Crippen LogP contribution < -0.4 is 10.6 Å². The van der Waals surface area contributed by atoms with Crippen molar-refractivity contribution < 1.29 is 19.5 Å². The summed E-state index contributed by atoms with van der Waals surface area (Å²) in [5.41, 5.74) is 0. The van der Waals surface area contributed by atoms with Gasteiger partial charge in [0.1, 0.15) is 12.6 Å². The normalized spacial score (nSPS) is 19.2. The highest BCUT2D eigenvalue weighted by Crippen LogP contribution is 2.10. The minimum absolute atomic E-state index is 0.129. The van der Waals surface area contributed by atoms with E-state index in [1.54, 1.807) is 0 Å². The maximum Gasteiger partial charge on any atom is 0.328 e. The maximum atomic E-state index is 11.8. The number of amides is 3. The summed E-state index contributed by atoms with van der Waals surface area (Å²) in [4.78, 5) is 34.9. The Labute approximate surface area is 104 Å². The lowest BCUT2D eigenvalue weighted by Gasteiger charge is -2.32.